The second-order valence-electron chi connectivity index (χ2n) is 4.08. The van der Waals surface area contributed by atoms with Crippen molar-refractivity contribution in [2.24, 2.45) is 0 Å². The molecule has 1 aromatic heterocycles. The molecule has 1 atom stereocenters. The van der Waals surface area contributed by atoms with Gasteiger partial charge in [-0.3, -0.25) is 4.79 Å². The maximum atomic E-state index is 12.2. The molecule has 0 radical (unpaired) electrons. The van der Waals surface area contributed by atoms with Crippen molar-refractivity contribution < 1.29 is 4.79 Å². The van der Waals surface area contributed by atoms with Gasteiger partial charge in [-0.25, -0.2) is 0 Å². The molecule has 76 valence electrons. The van der Waals surface area contributed by atoms with E-state index in [0.717, 1.165) is 29.8 Å². The Morgan fingerprint density at radius 1 is 1.64 bits per heavy atom. The molecule has 3 heteroatoms. The molecule has 1 fully saturated rings. The van der Waals surface area contributed by atoms with E-state index in [0.29, 0.717) is 0 Å². The highest BCUT2D eigenvalue weighted by Gasteiger charge is 2.36. The standard InChI is InChI=1S/C11H15NOS/c1-8-9(4-7-14-8)10(13)11(2)5-3-6-12-11/h4,7,12H,3,5-6H2,1-2H3. The van der Waals surface area contributed by atoms with E-state index in [-0.39, 0.29) is 11.3 Å². The van der Waals surface area contributed by atoms with Crippen LogP contribution >= 0.6 is 11.3 Å². The predicted molar refractivity (Wildman–Crippen MR) is 59.0 cm³/mol. The largest absolute Gasteiger partial charge is 0.305 e. The van der Waals surface area contributed by atoms with Gasteiger partial charge in [0, 0.05) is 10.4 Å². The minimum atomic E-state index is -0.314. The van der Waals surface area contributed by atoms with Crippen molar-refractivity contribution in [2.75, 3.05) is 6.54 Å². The number of thiophene rings is 1. The summed E-state index contributed by atoms with van der Waals surface area (Å²) in [7, 11) is 0. The van der Waals surface area contributed by atoms with Crippen LogP contribution in [-0.4, -0.2) is 17.9 Å². The second-order valence-corrected chi connectivity index (χ2v) is 5.20. The molecule has 1 aliphatic rings. The zero-order valence-corrected chi connectivity index (χ0v) is 9.41. The Bertz CT molecular complexity index is 350. The highest BCUT2D eigenvalue weighted by atomic mass is 32.1. The third kappa shape index (κ3) is 1.51. The van der Waals surface area contributed by atoms with Crippen LogP contribution in [0.2, 0.25) is 0 Å². The van der Waals surface area contributed by atoms with Crippen LogP contribution in [0.3, 0.4) is 0 Å². The maximum absolute atomic E-state index is 12.2. The highest BCUT2D eigenvalue weighted by Crippen LogP contribution is 2.26. The average molecular weight is 209 g/mol. The average Bonchev–Trinajstić information content (AvgIpc) is 2.74. The fraction of sp³-hybridized carbons (Fsp3) is 0.545. The van der Waals surface area contributed by atoms with Gasteiger partial charge >= 0.3 is 0 Å². The van der Waals surface area contributed by atoms with E-state index in [2.05, 4.69) is 5.32 Å². The summed E-state index contributed by atoms with van der Waals surface area (Å²) in [6, 6.07) is 1.94. The Morgan fingerprint density at radius 3 is 2.93 bits per heavy atom. The Labute approximate surface area is 88.3 Å². The fourth-order valence-electron chi connectivity index (χ4n) is 2.01. The van der Waals surface area contributed by atoms with Gasteiger partial charge in [0.05, 0.1) is 5.54 Å². The van der Waals surface area contributed by atoms with E-state index in [9.17, 15) is 4.79 Å². The van der Waals surface area contributed by atoms with Gasteiger partial charge in [0.1, 0.15) is 0 Å². The van der Waals surface area contributed by atoms with Crippen LogP contribution in [0.4, 0.5) is 0 Å². The number of rotatable bonds is 2. The molecule has 0 aromatic carbocycles. The number of ketones is 1. The lowest BCUT2D eigenvalue weighted by Gasteiger charge is -2.22. The molecule has 0 amide bonds. The summed E-state index contributed by atoms with van der Waals surface area (Å²) in [5, 5.41) is 5.29. The Hall–Kier alpha value is -0.670. The molecular weight excluding hydrogens is 194 g/mol. The minimum Gasteiger partial charge on any atom is -0.305 e. The molecule has 0 saturated carbocycles. The number of hydrogen-bond donors (Lipinski definition) is 1. The second kappa shape index (κ2) is 3.48. The van der Waals surface area contributed by atoms with Gasteiger partial charge in [-0.05, 0) is 44.7 Å². The lowest BCUT2D eigenvalue weighted by molar-refractivity contribution is 0.0884. The third-order valence-electron chi connectivity index (χ3n) is 2.97. The summed E-state index contributed by atoms with van der Waals surface area (Å²) in [6.07, 6.45) is 2.06. The lowest BCUT2D eigenvalue weighted by Crippen LogP contribution is -2.44. The van der Waals surface area contributed by atoms with Crippen LogP contribution in [-0.2, 0) is 0 Å². The van der Waals surface area contributed by atoms with E-state index in [1.54, 1.807) is 11.3 Å². The fourth-order valence-corrected chi connectivity index (χ4v) is 2.70. The van der Waals surface area contributed by atoms with E-state index < -0.39 is 0 Å². The number of nitrogens with one attached hydrogen (secondary N) is 1. The summed E-state index contributed by atoms with van der Waals surface area (Å²) >= 11 is 1.64. The molecule has 1 N–H and O–H groups in total. The molecule has 14 heavy (non-hydrogen) atoms. The molecule has 2 nitrogen and oxygen atoms in total. The van der Waals surface area contributed by atoms with Crippen molar-refractivity contribution in [3.05, 3.63) is 21.9 Å². The van der Waals surface area contributed by atoms with Gasteiger partial charge < -0.3 is 5.32 Å². The van der Waals surface area contributed by atoms with Crippen molar-refractivity contribution >= 4 is 17.1 Å². The van der Waals surface area contributed by atoms with Gasteiger partial charge in [-0.2, -0.15) is 0 Å². The highest BCUT2D eigenvalue weighted by molar-refractivity contribution is 7.10. The van der Waals surface area contributed by atoms with Gasteiger partial charge in [0.2, 0.25) is 0 Å². The zero-order chi connectivity index (χ0) is 10.2. The molecule has 1 aliphatic heterocycles. The first-order valence-corrected chi connectivity index (χ1v) is 5.85. The first kappa shape index (κ1) is 9.87. The topological polar surface area (TPSA) is 29.1 Å². The summed E-state index contributed by atoms with van der Waals surface area (Å²) in [5.74, 6) is 0.258. The molecular formula is C11H15NOS. The normalized spacial score (nSPS) is 26.7. The maximum Gasteiger partial charge on any atom is 0.183 e. The van der Waals surface area contributed by atoms with Gasteiger partial charge in [0.25, 0.3) is 0 Å². The Kier molecular flexibility index (Phi) is 2.45. The molecule has 0 spiro atoms. The summed E-state index contributed by atoms with van der Waals surface area (Å²) in [6.45, 7) is 4.99. The summed E-state index contributed by atoms with van der Waals surface area (Å²) in [4.78, 5) is 13.3. The van der Waals surface area contributed by atoms with Crippen molar-refractivity contribution in [3.63, 3.8) is 0 Å². The van der Waals surface area contributed by atoms with Crippen molar-refractivity contribution in [2.45, 2.75) is 32.2 Å². The van der Waals surface area contributed by atoms with Gasteiger partial charge in [-0.1, -0.05) is 0 Å². The number of hydrogen-bond acceptors (Lipinski definition) is 3. The van der Waals surface area contributed by atoms with Crippen LogP contribution in [0.25, 0.3) is 0 Å². The summed E-state index contributed by atoms with van der Waals surface area (Å²) in [5.41, 5.74) is 0.582. The van der Waals surface area contributed by atoms with Crippen LogP contribution < -0.4 is 5.32 Å². The molecule has 2 heterocycles. The van der Waals surface area contributed by atoms with Crippen LogP contribution in [0.1, 0.15) is 35.0 Å². The Morgan fingerprint density at radius 2 is 2.43 bits per heavy atom. The van der Waals surface area contributed by atoms with Crippen LogP contribution in [0.15, 0.2) is 11.4 Å². The van der Waals surface area contributed by atoms with E-state index in [1.807, 2.05) is 25.3 Å². The zero-order valence-electron chi connectivity index (χ0n) is 8.59. The quantitative estimate of drug-likeness (QED) is 0.758. The monoisotopic (exact) mass is 209 g/mol. The van der Waals surface area contributed by atoms with E-state index >= 15 is 0 Å². The van der Waals surface area contributed by atoms with Crippen molar-refractivity contribution in [1.29, 1.82) is 0 Å². The van der Waals surface area contributed by atoms with E-state index in [4.69, 9.17) is 0 Å². The molecule has 0 bridgehead atoms. The number of Topliss-reactive ketones (excluding diaryl/α,β-unsaturated/α-hetero) is 1. The molecule has 1 saturated heterocycles. The van der Waals surface area contributed by atoms with Crippen molar-refractivity contribution in [1.82, 2.24) is 5.32 Å². The SMILES string of the molecule is Cc1sccc1C(=O)C1(C)CCCN1. The summed E-state index contributed by atoms with van der Waals surface area (Å²) < 4.78 is 0. The molecule has 2 rings (SSSR count). The molecule has 1 unspecified atom stereocenters. The minimum absolute atomic E-state index is 0.258. The molecule has 0 aliphatic carbocycles. The molecule has 1 aromatic rings. The van der Waals surface area contributed by atoms with Crippen LogP contribution in [0, 0.1) is 6.92 Å². The first-order chi connectivity index (χ1) is 6.63. The van der Waals surface area contributed by atoms with Gasteiger partial charge in [0.15, 0.2) is 5.78 Å². The van der Waals surface area contributed by atoms with Crippen molar-refractivity contribution in [3.8, 4) is 0 Å². The number of carbonyl (C=O) groups is 1. The van der Waals surface area contributed by atoms with Gasteiger partial charge in [-0.15, -0.1) is 11.3 Å². The predicted octanol–water partition coefficient (Wildman–Crippen LogP) is 2.38. The first-order valence-electron chi connectivity index (χ1n) is 4.97. The van der Waals surface area contributed by atoms with Crippen LogP contribution in [0.5, 0.6) is 0 Å². The third-order valence-corrected chi connectivity index (χ3v) is 3.82. The lowest BCUT2D eigenvalue weighted by atomic mass is 9.90. The number of carbonyl (C=O) groups excluding carboxylic acids is 1. The number of aryl methyl sites for hydroxylation is 1. The smallest absolute Gasteiger partial charge is 0.183 e. The van der Waals surface area contributed by atoms with E-state index in [1.165, 1.54) is 0 Å². The Balaban J connectivity index is 2.28.